The molecule has 2 aliphatic rings. The van der Waals surface area contributed by atoms with Crippen molar-refractivity contribution in [1.82, 2.24) is 34.1 Å². The Labute approximate surface area is 233 Å². The van der Waals surface area contributed by atoms with Crippen molar-refractivity contribution in [3.63, 3.8) is 0 Å². The van der Waals surface area contributed by atoms with Gasteiger partial charge in [-0.25, -0.2) is 23.9 Å². The van der Waals surface area contributed by atoms with Gasteiger partial charge >= 0.3 is 21.3 Å². The van der Waals surface area contributed by atoms with E-state index in [-0.39, 0.29) is 35.9 Å². The van der Waals surface area contributed by atoms with Crippen molar-refractivity contribution >= 4 is 38.7 Å². The number of hydrogen-bond acceptors (Lipinski definition) is 16. The highest BCUT2D eigenvalue weighted by atomic mass is 31.2. The van der Waals surface area contributed by atoms with E-state index >= 15 is 0 Å². The van der Waals surface area contributed by atoms with E-state index in [1.807, 2.05) is 0 Å². The van der Waals surface area contributed by atoms with Gasteiger partial charge in [0.25, 0.3) is 5.56 Å². The number of phosphoric ester groups is 2. The van der Waals surface area contributed by atoms with Crippen LogP contribution in [0.1, 0.15) is 25.3 Å². The fraction of sp³-hybridized carbons (Fsp3) is 0.556. The minimum absolute atomic E-state index is 0.00696. The van der Waals surface area contributed by atoms with E-state index in [4.69, 9.17) is 39.8 Å². The smallest absolute Gasteiger partial charge is 0.390 e. The van der Waals surface area contributed by atoms with Gasteiger partial charge < -0.3 is 40.7 Å². The minimum atomic E-state index is -4.98. The number of fused-ring (bicyclic) bond motifs is 1. The molecule has 2 fully saturated rings. The number of phosphoric acid groups is 2. The zero-order valence-corrected chi connectivity index (χ0v) is 22.9. The first-order valence-electron chi connectivity index (χ1n) is 12.0. The van der Waals surface area contributed by atoms with Crippen molar-refractivity contribution in [3.05, 3.63) is 33.5 Å². The van der Waals surface area contributed by atoms with E-state index in [1.54, 1.807) is 0 Å². The summed E-state index contributed by atoms with van der Waals surface area (Å²) in [5.41, 5.74) is 9.48. The second-order valence-electron chi connectivity index (χ2n) is 9.17. The number of aromatic nitrogens is 7. The number of anilines is 2. The molecule has 5 rings (SSSR count). The number of hydrogen-bond donors (Lipinski definition) is 7. The molecule has 2 aliphatic heterocycles. The fourth-order valence-corrected chi connectivity index (χ4v) is 5.72. The monoisotopic (exact) mass is 637 g/mol. The number of nitrogens with one attached hydrogen (secondary N) is 1. The van der Waals surface area contributed by atoms with Crippen LogP contribution in [-0.4, -0.2) is 91.5 Å². The molecule has 24 heteroatoms. The molecule has 9 N–H and O–H groups in total. The van der Waals surface area contributed by atoms with Gasteiger partial charge in [0.15, 0.2) is 11.2 Å². The highest BCUT2D eigenvalue weighted by Gasteiger charge is 2.44. The number of nitrogen functional groups attached to an aromatic ring is 2. The van der Waals surface area contributed by atoms with Crippen molar-refractivity contribution in [1.29, 1.82) is 0 Å². The van der Waals surface area contributed by atoms with Crippen LogP contribution in [0.3, 0.4) is 0 Å². The van der Waals surface area contributed by atoms with E-state index in [0.717, 1.165) is 10.9 Å². The highest BCUT2D eigenvalue weighted by Crippen LogP contribution is 2.50. The standard InChI is InChI=1S/C18H25N9O13P2/c19-16-22-6-27(18(30)25-16)11-1-7(28)9(38-11)3-37-42(34,35)40-8-2-12(39-10(8)4-36-41(31,32)33)26-5-21-13-14(26)23-17(20)24-15(13)29/h5-12,28H,1-4H2,(H,34,35)(H2,19,25,30)(H2,31,32,33)(H3,20,23,24,29)/t7-,8-,9+,10+,11+,12+/m0/s1. The Kier molecular flexibility index (Phi) is 8.31. The number of aliphatic hydroxyl groups excluding tert-OH is 1. The summed E-state index contributed by atoms with van der Waals surface area (Å²) in [4.78, 5) is 70.3. The van der Waals surface area contributed by atoms with Crippen LogP contribution in [0.4, 0.5) is 11.9 Å². The van der Waals surface area contributed by atoms with Crippen LogP contribution >= 0.6 is 15.6 Å². The first-order chi connectivity index (χ1) is 19.7. The molecule has 0 aromatic carbocycles. The maximum absolute atomic E-state index is 12.9. The number of H-pyrrole nitrogens is 1. The summed E-state index contributed by atoms with van der Waals surface area (Å²) < 4.78 is 52.5. The topological polar surface area (TPSA) is 325 Å². The maximum Gasteiger partial charge on any atom is 0.472 e. The highest BCUT2D eigenvalue weighted by molar-refractivity contribution is 7.47. The Balaban J connectivity index is 1.27. The van der Waals surface area contributed by atoms with E-state index < -0.39 is 77.0 Å². The van der Waals surface area contributed by atoms with Crippen molar-refractivity contribution < 1.29 is 52.0 Å². The Morgan fingerprint density at radius 1 is 0.976 bits per heavy atom. The zero-order chi connectivity index (χ0) is 30.4. The first kappa shape index (κ1) is 30.3. The summed E-state index contributed by atoms with van der Waals surface area (Å²) in [5, 5.41) is 10.3. The summed E-state index contributed by atoms with van der Waals surface area (Å²) in [6.07, 6.45) is -5.17. The molecular formula is C18H25N9O13P2. The third-order valence-electron chi connectivity index (χ3n) is 6.28. The van der Waals surface area contributed by atoms with Crippen LogP contribution in [0.25, 0.3) is 11.2 Å². The maximum atomic E-state index is 12.9. The number of nitrogens with two attached hydrogens (primary N) is 2. The molecule has 0 saturated carbocycles. The van der Waals surface area contributed by atoms with Gasteiger partial charge in [0.2, 0.25) is 11.9 Å². The van der Waals surface area contributed by atoms with Gasteiger partial charge in [0, 0.05) is 12.8 Å². The van der Waals surface area contributed by atoms with Gasteiger partial charge in [-0.2, -0.15) is 9.97 Å². The largest absolute Gasteiger partial charge is 0.472 e. The van der Waals surface area contributed by atoms with E-state index in [9.17, 15) is 28.7 Å². The second kappa shape index (κ2) is 11.5. The molecule has 3 aromatic rings. The van der Waals surface area contributed by atoms with Crippen molar-refractivity contribution in [2.75, 3.05) is 24.7 Å². The lowest BCUT2D eigenvalue weighted by Crippen LogP contribution is -2.30. The number of rotatable bonds is 10. The Morgan fingerprint density at radius 3 is 2.36 bits per heavy atom. The molecule has 7 atom stereocenters. The number of nitrogens with zero attached hydrogens (tertiary/aromatic N) is 6. The van der Waals surface area contributed by atoms with Crippen LogP contribution in [0.2, 0.25) is 0 Å². The molecule has 2 saturated heterocycles. The predicted molar refractivity (Wildman–Crippen MR) is 135 cm³/mol. The predicted octanol–water partition coefficient (Wildman–Crippen LogP) is -2.52. The number of ether oxygens (including phenoxy) is 2. The average molecular weight is 637 g/mol. The second-order valence-corrected chi connectivity index (χ2v) is 11.8. The summed E-state index contributed by atoms with van der Waals surface area (Å²) in [5.74, 6) is -0.479. The number of imidazole rings is 1. The van der Waals surface area contributed by atoms with E-state index in [1.165, 1.54) is 10.9 Å². The summed E-state index contributed by atoms with van der Waals surface area (Å²) >= 11 is 0. The Bertz CT molecular complexity index is 1670. The summed E-state index contributed by atoms with van der Waals surface area (Å²) in [6, 6.07) is 0. The van der Waals surface area contributed by atoms with E-state index in [0.29, 0.717) is 0 Å². The third-order valence-corrected chi connectivity index (χ3v) is 7.78. The summed E-state index contributed by atoms with van der Waals surface area (Å²) in [7, 11) is -9.92. The molecular weight excluding hydrogens is 612 g/mol. The first-order valence-corrected chi connectivity index (χ1v) is 15.0. The average Bonchev–Trinajstić information content (AvgIpc) is 3.57. The SMILES string of the molecule is Nc1ncn([C@H]2C[C@H](O)[C@@H](COP(=O)(O)O[C@H]3C[C@H](n4cnc5c(=O)[nH]c(N)nc54)O[C@@H]3COP(=O)(O)O)O2)c(=O)n1. The van der Waals surface area contributed by atoms with Crippen LogP contribution in [-0.2, 0) is 32.2 Å². The lowest BCUT2D eigenvalue weighted by molar-refractivity contribution is -0.0563. The quantitative estimate of drug-likeness (QED) is 0.113. The van der Waals surface area contributed by atoms with E-state index in [2.05, 4.69) is 29.4 Å². The lowest BCUT2D eigenvalue weighted by atomic mass is 10.2. The molecule has 0 spiro atoms. The fourth-order valence-electron chi connectivity index (χ4n) is 4.41. The molecule has 0 aliphatic carbocycles. The molecule has 3 aromatic heterocycles. The Hall–Kier alpha value is -3.14. The lowest BCUT2D eigenvalue weighted by Gasteiger charge is -2.22. The molecule has 1 unspecified atom stereocenters. The molecule has 0 amide bonds. The molecule has 230 valence electrons. The van der Waals surface area contributed by atoms with Gasteiger partial charge in [-0.3, -0.25) is 32.5 Å². The van der Waals surface area contributed by atoms with Crippen molar-refractivity contribution in [2.24, 2.45) is 0 Å². The molecule has 0 bridgehead atoms. The zero-order valence-electron chi connectivity index (χ0n) is 21.1. The molecule has 22 nitrogen and oxygen atoms in total. The molecule has 5 heterocycles. The van der Waals surface area contributed by atoms with Crippen LogP contribution in [0.15, 0.2) is 22.2 Å². The molecule has 42 heavy (non-hydrogen) atoms. The van der Waals surface area contributed by atoms with Crippen LogP contribution < -0.4 is 22.7 Å². The van der Waals surface area contributed by atoms with Gasteiger partial charge in [-0.05, 0) is 0 Å². The van der Waals surface area contributed by atoms with Gasteiger partial charge in [-0.15, -0.1) is 0 Å². The Morgan fingerprint density at radius 2 is 1.64 bits per heavy atom. The summed E-state index contributed by atoms with van der Waals surface area (Å²) in [6.45, 7) is -1.42. The van der Waals surface area contributed by atoms with Gasteiger partial charge in [-0.1, -0.05) is 0 Å². The van der Waals surface area contributed by atoms with Gasteiger partial charge in [0.1, 0.15) is 37.1 Å². The van der Waals surface area contributed by atoms with Crippen molar-refractivity contribution in [2.45, 2.75) is 49.7 Å². The number of aliphatic hydroxyl groups is 1. The van der Waals surface area contributed by atoms with Gasteiger partial charge in [0.05, 0.1) is 25.6 Å². The van der Waals surface area contributed by atoms with Crippen LogP contribution in [0.5, 0.6) is 0 Å². The minimum Gasteiger partial charge on any atom is -0.390 e. The molecule has 0 radical (unpaired) electrons. The van der Waals surface area contributed by atoms with Crippen molar-refractivity contribution in [3.8, 4) is 0 Å². The van der Waals surface area contributed by atoms with Crippen LogP contribution in [0, 0.1) is 0 Å². The number of aromatic amines is 1. The normalized spacial score (nSPS) is 27.9. The third kappa shape index (κ3) is 6.74.